The van der Waals surface area contributed by atoms with Crippen molar-refractivity contribution in [2.75, 3.05) is 7.11 Å². The van der Waals surface area contributed by atoms with Crippen LogP contribution in [0, 0.1) is 0 Å². The van der Waals surface area contributed by atoms with Crippen molar-refractivity contribution in [2.45, 2.75) is 50.9 Å². The van der Waals surface area contributed by atoms with Crippen LogP contribution in [-0.4, -0.2) is 12.9 Å². The predicted octanol–water partition coefficient (Wildman–Crippen LogP) is 3.66. The summed E-state index contributed by atoms with van der Waals surface area (Å²) in [6.45, 7) is 1.67. The summed E-state index contributed by atoms with van der Waals surface area (Å²) in [5.74, 6) is 1.18. The van der Waals surface area contributed by atoms with Crippen molar-refractivity contribution < 1.29 is 9.53 Å². The molecule has 0 aromatic heterocycles. The summed E-state index contributed by atoms with van der Waals surface area (Å²) in [7, 11) is 1.74. The molecule has 2 heteroatoms. The zero-order chi connectivity index (χ0) is 12.8. The van der Waals surface area contributed by atoms with E-state index in [1.54, 1.807) is 14.0 Å². The zero-order valence-corrected chi connectivity index (χ0v) is 11.2. The van der Waals surface area contributed by atoms with Crippen molar-refractivity contribution in [3.63, 3.8) is 0 Å². The highest BCUT2D eigenvalue weighted by Crippen LogP contribution is 2.54. The molecule has 96 valence electrons. The van der Waals surface area contributed by atoms with Crippen LogP contribution >= 0.6 is 0 Å². The summed E-state index contributed by atoms with van der Waals surface area (Å²) < 4.78 is 5.57. The SMILES string of the molecule is COc1ccc(C(C)=O)c2c1C1(CCCC1)CC2. The Morgan fingerprint density at radius 1 is 1.22 bits per heavy atom. The molecule has 0 radical (unpaired) electrons. The fourth-order valence-electron chi connectivity index (χ4n) is 4.01. The minimum atomic E-state index is 0.184. The molecule has 1 aromatic rings. The van der Waals surface area contributed by atoms with Gasteiger partial charge in [-0.25, -0.2) is 0 Å². The lowest BCUT2D eigenvalue weighted by atomic mass is 9.79. The van der Waals surface area contributed by atoms with E-state index < -0.39 is 0 Å². The zero-order valence-electron chi connectivity index (χ0n) is 11.2. The van der Waals surface area contributed by atoms with Crippen molar-refractivity contribution in [1.82, 2.24) is 0 Å². The second-order valence-corrected chi connectivity index (χ2v) is 5.71. The number of carbonyl (C=O) groups excluding carboxylic acids is 1. The molecule has 1 aromatic carbocycles. The number of Topliss-reactive ketones (excluding diaryl/α,β-unsaturated/α-hetero) is 1. The van der Waals surface area contributed by atoms with Crippen LogP contribution in [0.2, 0.25) is 0 Å². The molecule has 0 amide bonds. The highest BCUT2D eigenvalue weighted by Gasteiger charge is 2.44. The van der Waals surface area contributed by atoms with Gasteiger partial charge in [0, 0.05) is 11.1 Å². The first kappa shape index (κ1) is 11.8. The Kier molecular flexibility index (Phi) is 2.69. The number of carbonyl (C=O) groups is 1. The average Bonchev–Trinajstić information content (AvgIpc) is 2.98. The first-order valence-electron chi connectivity index (χ1n) is 6.89. The number of hydrogen-bond acceptors (Lipinski definition) is 2. The largest absolute Gasteiger partial charge is 0.496 e. The number of benzene rings is 1. The van der Waals surface area contributed by atoms with Gasteiger partial charge in [0.1, 0.15) is 5.75 Å². The van der Waals surface area contributed by atoms with E-state index in [0.29, 0.717) is 5.41 Å². The molecular formula is C16H20O2. The highest BCUT2D eigenvalue weighted by molar-refractivity contribution is 5.96. The Labute approximate surface area is 108 Å². The molecule has 0 saturated heterocycles. The van der Waals surface area contributed by atoms with Crippen LogP contribution in [0.15, 0.2) is 12.1 Å². The second kappa shape index (κ2) is 4.11. The monoisotopic (exact) mass is 244 g/mol. The minimum Gasteiger partial charge on any atom is -0.496 e. The van der Waals surface area contributed by atoms with Crippen molar-refractivity contribution in [3.8, 4) is 5.75 Å². The third-order valence-electron chi connectivity index (χ3n) is 4.82. The summed E-state index contributed by atoms with van der Waals surface area (Å²) in [4.78, 5) is 11.8. The summed E-state index contributed by atoms with van der Waals surface area (Å²) in [5.41, 5.74) is 3.85. The summed E-state index contributed by atoms with van der Waals surface area (Å²) in [6.07, 6.45) is 7.39. The topological polar surface area (TPSA) is 26.3 Å². The lowest BCUT2D eigenvalue weighted by Crippen LogP contribution is -2.19. The predicted molar refractivity (Wildman–Crippen MR) is 71.5 cm³/mol. The van der Waals surface area contributed by atoms with Crippen LogP contribution in [0.1, 0.15) is 60.5 Å². The van der Waals surface area contributed by atoms with Crippen molar-refractivity contribution in [3.05, 3.63) is 28.8 Å². The molecule has 1 fully saturated rings. The molecule has 0 atom stereocenters. The van der Waals surface area contributed by atoms with E-state index in [0.717, 1.165) is 17.7 Å². The molecule has 2 nitrogen and oxygen atoms in total. The van der Waals surface area contributed by atoms with E-state index in [-0.39, 0.29) is 5.78 Å². The maximum absolute atomic E-state index is 11.8. The molecule has 0 N–H and O–H groups in total. The molecule has 2 aliphatic rings. The molecule has 0 bridgehead atoms. The Morgan fingerprint density at radius 3 is 2.56 bits per heavy atom. The van der Waals surface area contributed by atoms with E-state index in [9.17, 15) is 4.79 Å². The molecule has 18 heavy (non-hydrogen) atoms. The Balaban J connectivity index is 2.21. The Hall–Kier alpha value is -1.31. The number of rotatable bonds is 2. The standard InChI is InChI=1S/C16H20O2/c1-11(17)12-5-6-14(18-2)15-13(12)7-10-16(15)8-3-4-9-16/h5-6H,3-4,7-10H2,1-2H3. The van der Waals surface area contributed by atoms with Crippen LogP contribution in [-0.2, 0) is 11.8 Å². The summed E-state index contributed by atoms with van der Waals surface area (Å²) >= 11 is 0. The second-order valence-electron chi connectivity index (χ2n) is 5.71. The molecule has 1 saturated carbocycles. The molecule has 0 heterocycles. The van der Waals surface area contributed by atoms with Crippen LogP contribution in [0.4, 0.5) is 0 Å². The number of fused-ring (bicyclic) bond motifs is 2. The molecule has 0 aliphatic heterocycles. The summed E-state index contributed by atoms with van der Waals surface area (Å²) in [5, 5.41) is 0. The van der Waals surface area contributed by atoms with Gasteiger partial charge < -0.3 is 4.74 Å². The quantitative estimate of drug-likeness (QED) is 0.742. The average molecular weight is 244 g/mol. The third kappa shape index (κ3) is 1.51. The van der Waals surface area contributed by atoms with Crippen LogP contribution < -0.4 is 4.74 Å². The van der Waals surface area contributed by atoms with Crippen LogP contribution in [0.25, 0.3) is 0 Å². The Morgan fingerprint density at radius 2 is 1.94 bits per heavy atom. The van der Waals surface area contributed by atoms with E-state index in [4.69, 9.17) is 4.74 Å². The molecule has 2 aliphatic carbocycles. The molecule has 3 rings (SSSR count). The van der Waals surface area contributed by atoms with Crippen molar-refractivity contribution in [2.24, 2.45) is 0 Å². The van der Waals surface area contributed by atoms with E-state index in [2.05, 4.69) is 0 Å². The maximum Gasteiger partial charge on any atom is 0.160 e. The van der Waals surface area contributed by atoms with Gasteiger partial charge in [0.15, 0.2) is 5.78 Å². The van der Waals surface area contributed by atoms with Gasteiger partial charge in [0.2, 0.25) is 0 Å². The fourth-order valence-corrected chi connectivity index (χ4v) is 4.01. The first-order chi connectivity index (χ1) is 8.68. The van der Waals surface area contributed by atoms with Crippen molar-refractivity contribution in [1.29, 1.82) is 0 Å². The van der Waals surface area contributed by atoms with Gasteiger partial charge in [0.05, 0.1) is 7.11 Å². The molecular weight excluding hydrogens is 224 g/mol. The van der Waals surface area contributed by atoms with Crippen LogP contribution in [0.3, 0.4) is 0 Å². The van der Waals surface area contributed by atoms with Gasteiger partial charge in [-0.05, 0) is 55.7 Å². The van der Waals surface area contributed by atoms with Gasteiger partial charge in [0.25, 0.3) is 0 Å². The van der Waals surface area contributed by atoms with E-state index >= 15 is 0 Å². The lowest BCUT2D eigenvalue weighted by molar-refractivity contribution is 0.101. The lowest BCUT2D eigenvalue weighted by Gasteiger charge is -2.26. The van der Waals surface area contributed by atoms with Gasteiger partial charge >= 0.3 is 0 Å². The minimum absolute atomic E-state index is 0.184. The fraction of sp³-hybridized carbons (Fsp3) is 0.562. The molecule has 0 unspecified atom stereocenters. The smallest absolute Gasteiger partial charge is 0.160 e. The number of methoxy groups -OCH3 is 1. The van der Waals surface area contributed by atoms with Gasteiger partial charge in [-0.2, -0.15) is 0 Å². The highest BCUT2D eigenvalue weighted by atomic mass is 16.5. The van der Waals surface area contributed by atoms with E-state index in [1.165, 1.54) is 43.2 Å². The van der Waals surface area contributed by atoms with Crippen LogP contribution in [0.5, 0.6) is 5.75 Å². The first-order valence-corrected chi connectivity index (χ1v) is 6.89. The normalized spacial score (nSPS) is 20.1. The maximum atomic E-state index is 11.8. The summed E-state index contributed by atoms with van der Waals surface area (Å²) in [6, 6.07) is 3.93. The number of hydrogen-bond donors (Lipinski definition) is 0. The number of ether oxygens (including phenoxy) is 1. The Bertz CT molecular complexity index is 496. The third-order valence-corrected chi connectivity index (χ3v) is 4.82. The number of ketones is 1. The van der Waals surface area contributed by atoms with Crippen molar-refractivity contribution >= 4 is 5.78 Å². The van der Waals surface area contributed by atoms with Gasteiger partial charge in [-0.3, -0.25) is 4.79 Å². The van der Waals surface area contributed by atoms with Gasteiger partial charge in [-0.1, -0.05) is 12.8 Å². The van der Waals surface area contributed by atoms with E-state index in [1.807, 2.05) is 12.1 Å². The molecule has 1 spiro atoms. The van der Waals surface area contributed by atoms with Gasteiger partial charge in [-0.15, -0.1) is 0 Å².